The quantitative estimate of drug-likeness (QED) is 0.620. The zero-order chi connectivity index (χ0) is 23.8. The van der Waals surface area contributed by atoms with Crippen LogP contribution in [0.15, 0.2) is 24.3 Å². The first-order valence-corrected chi connectivity index (χ1v) is 10.5. The van der Waals surface area contributed by atoms with Gasteiger partial charge in [-0.15, -0.1) is 6.42 Å². The molecule has 7 nitrogen and oxygen atoms in total. The van der Waals surface area contributed by atoms with Crippen molar-refractivity contribution in [1.82, 2.24) is 15.5 Å². The van der Waals surface area contributed by atoms with Crippen molar-refractivity contribution in [3.63, 3.8) is 0 Å². The topological polar surface area (TPSA) is 87.7 Å². The van der Waals surface area contributed by atoms with Gasteiger partial charge in [0.05, 0.1) is 0 Å². The van der Waals surface area contributed by atoms with Gasteiger partial charge in [0.1, 0.15) is 18.2 Å². The van der Waals surface area contributed by atoms with Crippen LogP contribution in [0, 0.1) is 12.3 Å². The molecule has 0 aliphatic heterocycles. The summed E-state index contributed by atoms with van der Waals surface area (Å²) in [6.45, 7) is 12.5. The molecule has 7 heteroatoms. The maximum atomic E-state index is 13.2. The minimum Gasteiger partial charge on any atom is -0.444 e. The van der Waals surface area contributed by atoms with Crippen molar-refractivity contribution in [3.8, 4) is 12.3 Å². The second-order valence-electron chi connectivity index (χ2n) is 8.75. The van der Waals surface area contributed by atoms with Crippen molar-refractivity contribution in [2.24, 2.45) is 0 Å². The van der Waals surface area contributed by atoms with E-state index in [0.29, 0.717) is 17.5 Å². The first-order valence-electron chi connectivity index (χ1n) is 10.5. The molecule has 1 rings (SSSR count). The number of carbonyl (C=O) groups excluding carboxylic acids is 3. The zero-order valence-corrected chi connectivity index (χ0v) is 19.6. The van der Waals surface area contributed by atoms with Crippen molar-refractivity contribution in [1.29, 1.82) is 0 Å². The van der Waals surface area contributed by atoms with E-state index in [9.17, 15) is 14.4 Å². The average molecular weight is 430 g/mol. The minimum absolute atomic E-state index is 0.103. The normalized spacial score (nSPS) is 13.0. The third kappa shape index (κ3) is 8.33. The minimum atomic E-state index is -0.864. The number of nitrogens with zero attached hydrogens (tertiary/aromatic N) is 1. The molecule has 2 unspecified atom stereocenters. The van der Waals surface area contributed by atoms with Gasteiger partial charge in [-0.05, 0) is 65.7 Å². The molecule has 1 aromatic rings. The molecule has 2 N–H and O–H groups in total. The summed E-state index contributed by atoms with van der Waals surface area (Å²) in [7, 11) is 0. The molecule has 0 spiro atoms. The Morgan fingerprint density at radius 2 is 1.71 bits per heavy atom. The van der Waals surface area contributed by atoms with Gasteiger partial charge in [0.25, 0.3) is 0 Å². The number of benzene rings is 1. The molecule has 170 valence electrons. The first-order chi connectivity index (χ1) is 14.4. The third-order valence-electron chi connectivity index (χ3n) is 4.49. The lowest BCUT2D eigenvalue weighted by atomic mass is 9.99. The van der Waals surface area contributed by atoms with Crippen LogP contribution in [0.2, 0.25) is 0 Å². The second kappa shape index (κ2) is 11.4. The molecular weight excluding hydrogens is 394 g/mol. The molecule has 0 heterocycles. The summed E-state index contributed by atoms with van der Waals surface area (Å²) in [5.41, 5.74) is 0.643. The van der Waals surface area contributed by atoms with Crippen molar-refractivity contribution < 1.29 is 19.1 Å². The van der Waals surface area contributed by atoms with Crippen LogP contribution in [0.3, 0.4) is 0 Å². The van der Waals surface area contributed by atoms with Crippen LogP contribution in [-0.4, -0.2) is 47.0 Å². The smallest absolute Gasteiger partial charge is 0.408 e. The highest BCUT2D eigenvalue weighted by atomic mass is 16.6. The highest BCUT2D eigenvalue weighted by molar-refractivity contribution is 5.90. The fourth-order valence-corrected chi connectivity index (χ4v) is 2.96. The number of terminal acetylenes is 1. The highest BCUT2D eigenvalue weighted by Gasteiger charge is 2.34. The summed E-state index contributed by atoms with van der Waals surface area (Å²) >= 11 is 0. The van der Waals surface area contributed by atoms with Crippen LogP contribution < -0.4 is 10.6 Å². The molecular formula is C24H35N3O4. The molecule has 2 atom stereocenters. The zero-order valence-electron chi connectivity index (χ0n) is 19.6. The Bertz CT molecular complexity index is 804. The Kier molecular flexibility index (Phi) is 9.57. The molecule has 0 aliphatic rings. The lowest BCUT2D eigenvalue weighted by molar-refractivity contribution is -0.142. The van der Waals surface area contributed by atoms with Crippen LogP contribution in [0.4, 0.5) is 4.79 Å². The van der Waals surface area contributed by atoms with E-state index in [1.807, 2.05) is 27.7 Å². The molecule has 0 saturated carbocycles. The monoisotopic (exact) mass is 429 g/mol. The summed E-state index contributed by atoms with van der Waals surface area (Å²) in [6.07, 6.45) is 5.39. The van der Waals surface area contributed by atoms with Crippen LogP contribution >= 0.6 is 0 Å². The molecule has 0 bridgehead atoms. The maximum absolute atomic E-state index is 13.2. The molecule has 1 aromatic carbocycles. The van der Waals surface area contributed by atoms with Crippen molar-refractivity contribution >= 4 is 17.9 Å². The largest absolute Gasteiger partial charge is 0.444 e. The van der Waals surface area contributed by atoms with Gasteiger partial charge in [-0.25, -0.2) is 4.79 Å². The molecule has 0 radical (unpaired) electrons. The maximum Gasteiger partial charge on any atom is 0.408 e. The van der Waals surface area contributed by atoms with Crippen LogP contribution in [0.1, 0.15) is 72.1 Å². The van der Waals surface area contributed by atoms with Gasteiger partial charge in [-0.2, -0.15) is 0 Å². The van der Waals surface area contributed by atoms with Gasteiger partial charge in [0.2, 0.25) is 11.8 Å². The Hall–Kier alpha value is -3.01. The van der Waals surface area contributed by atoms with Crippen molar-refractivity contribution in [3.05, 3.63) is 35.4 Å². The summed E-state index contributed by atoms with van der Waals surface area (Å²) in [5, 5.41) is 5.39. The van der Waals surface area contributed by atoms with Gasteiger partial charge in [0, 0.05) is 17.6 Å². The Morgan fingerprint density at radius 3 is 2.16 bits per heavy atom. The van der Waals surface area contributed by atoms with E-state index in [-0.39, 0.29) is 30.4 Å². The van der Waals surface area contributed by atoms with Crippen molar-refractivity contribution in [2.45, 2.75) is 78.6 Å². The predicted molar refractivity (Wildman–Crippen MR) is 121 cm³/mol. The number of hydrogen-bond donors (Lipinski definition) is 2. The van der Waals surface area contributed by atoms with Gasteiger partial charge in [-0.3, -0.25) is 9.59 Å². The van der Waals surface area contributed by atoms with Crippen LogP contribution in [0.5, 0.6) is 0 Å². The molecule has 0 fully saturated rings. The third-order valence-corrected chi connectivity index (χ3v) is 4.49. The number of ether oxygens (including phenoxy) is 1. The summed E-state index contributed by atoms with van der Waals surface area (Å²) in [4.78, 5) is 39.9. The van der Waals surface area contributed by atoms with Gasteiger partial charge in [-0.1, -0.05) is 25.0 Å². The Balaban J connectivity index is 3.24. The molecule has 0 saturated heterocycles. The number of rotatable bonds is 8. The number of amides is 3. The van der Waals surface area contributed by atoms with E-state index in [2.05, 4.69) is 16.6 Å². The lowest BCUT2D eigenvalue weighted by Crippen LogP contribution is -2.51. The molecule has 0 aliphatic carbocycles. The molecule has 31 heavy (non-hydrogen) atoms. The highest BCUT2D eigenvalue weighted by Crippen LogP contribution is 2.26. The lowest BCUT2D eigenvalue weighted by Gasteiger charge is -2.36. The van der Waals surface area contributed by atoms with E-state index in [0.717, 1.165) is 0 Å². The fraction of sp³-hybridized carbons (Fsp3) is 0.542. The van der Waals surface area contributed by atoms with E-state index < -0.39 is 17.7 Å². The standard InChI is InChI=1S/C24H35N3O4/c1-9-17(5)27(20(28)15-25-23(30)31-24(6,7)8)21(22(29)26-16(3)4)19-13-11-18(10-2)12-14-19/h2,11-14,16-17,21H,9,15H2,1,3-8H3,(H,25,30)(H,26,29). The SMILES string of the molecule is C#Cc1ccc(C(C(=O)NC(C)C)N(C(=O)CNC(=O)OC(C)(C)C)C(C)CC)cc1. The van der Waals surface area contributed by atoms with E-state index in [1.54, 1.807) is 45.0 Å². The Labute approximate surface area is 185 Å². The first kappa shape index (κ1) is 26.0. The van der Waals surface area contributed by atoms with Gasteiger partial charge in [0.15, 0.2) is 0 Å². The summed E-state index contributed by atoms with van der Waals surface area (Å²) < 4.78 is 5.21. The number of carbonyl (C=O) groups is 3. The number of hydrogen-bond acceptors (Lipinski definition) is 4. The van der Waals surface area contributed by atoms with Crippen LogP contribution in [-0.2, 0) is 14.3 Å². The average Bonchev–Trinajstić information content (AvgIpc) is 2.67. The molecule has 3 amide bonds. The molecule has 0 aromatic heterocycles. The van der Waals surface area contributed by atoms with E-state index >= 15 is 0 Å². The fourth-order valence-electron chi connectivity index (χ4n) is 2.96. The van der Waals surface area contributed by atoms with E-state index in [4.69, 9.17) is 11.2 Å². The van der Waals surface area contributed by atoms with E-state index in [1.165, 1.54) is 4.90 Å². The van der Waals surface area contributed by atoms with Crippen LogP contribution in [0.25, 0.3) is 0 Å². The van der Waals surface area contributed by atoms with Gasteiger partial charge >= 0.3 is 6.09 Å². The summed E-state index contributed by atoms with van der Waals surface area (Å²) in [6, 6.07) is 5.77. The van der Waals surface area contributed by atoms with Crippen molar-refractivity contribution in [2.75, 3.05) is 6.54 Å². The second-order valence-corrected chi connectivity index (χ2v) is 8.75. The Morgan fingerprint density at radius 1 is 1.13 bits per heavy atom. The number of alkyl carbamates (subject to hydrolysis) is 1. The predicted octanol–water partition coefficient (Wildman–Crippen LogP) is 3.39. The van der Waals surface area contributed by atoms with Gasteiger partial charge < -0.3 is 20.3 Å². The summed E-state index contributed by atoms with van der Waals surface area (Å²) in [5.74, 6) is 1.87. The number of nitrogens with one attached hydrogen (secondary N) is 2.